The Morgan fingerprint density at radius 2 is 1.47 bits per heavy atom. The number of ether oxygens (including phenoxy) is 5. The van der Waals surface area contributed by atoms with Crippen molar-refractivity contribution >= 4 is 0 Å². The van der Waals surface area contributed by atoms with Crippen LogP contribution in [0.2, 0.25) is 0 Å². The van der Waals surface area contributed by atoms with E-state index in [-0.39, 0.29) is 5.60 Å². The molecule has 2 saturated heterocycles. The summed E-state index contributed by atoms with van der Waals surface area (Å²) in [4.78, 5) is 0. The number of hydrogen-bond acceptors (Lipinski definition) is 5. The van der Waals surface area contributed by atoms with E-state index < -0.39 is 37.1 Å². The van der Waals surface area contributed by atoms with Crippen LogP contribution in [-0.4, -0.2) is 43.0 Å². The molecule has 6 aliphatic rings. The highest BCUT2D eigenvalue weighted by atomic mass is 19.1. The molecule has 36 heavy (non-hydrogen) atoms. The molecule has 4 bridgehead atoms. The van der Waals surface area contributed by atoms with Gasteiger partial charge in [0, 0.05) is 5.56 Å². The van der Waals surface area contributed by atoms with Crippen LogP contribution in [0.15, 0.2) is 60.7 Å². The zero-order chi connectivity index (χ0) is 24.1. The van der Waals surface area contributed by atoms with Crippen molar-refractivity contribution in [1.29, 1.82) is 0 Å². The lowest BCUT2D eigenvalue weighted by Gasteiger charge is -2.58. The molecule has 8 rings (SSSR count). The Balaban J connectivity index is 1.12. The summed E-state index contributed by atoms with van der Waals surface area (Å²) in [6.07, 6.45) is 2.17. The predicted octanol–water partition coefficient (Wildman–Crippen LogP) is 5.73. The standard InChI is InChI=1S/C30H35FO5/c31-25-27(32-17-19-7-3-1-4-8-19)26-24(18-33-28(35-26)23-9-5-2-6-10-23)34-29(25)36-30-14-20-11-21(15-30)13-22(12-20)16-30/h1-10,20-22,24-29H,11-18H2/t20?,21?,22?,24-,25+,26-,27-,28-,29-,30?/m1/s1. The van der Waals surface area contributed by atoms with Gasteiger partial charge in [-0.2, -0.15) is 0 Å². The summed E-state index contributed by atoms with van der Waals surface area (Å²) in [6, 6.07) is 19.6. The van der Waals surface area contributed by atoms with Crippen LogP contribution >= 0.6 is 0 Å². The Bertz CT molecular complexity index is 997. The van der Waals surface area contributed by atoms with E-state index in [1.54, 1.807) is 0 Å². The fraction of sp³-hybridized carbons (Fsp3) is 0.600. The van der Waals surface area contributed by atoms with E-state index in [1.165, 1.54) is 19.3 Å². The Hall–Kier alpha value is -1.83. The highest BCUT2D eigenvalue weighted by Gasteiger charge is 2.57. The summed E-state index contributed by atoms with van der Waals surface area (Å²) < 4.78 is 47.9. The average Bonchev–Trinajstić information content (AvgIpc) is 2.89. The van der Waals surface area contributed by atoms with E-state index in [0.29, 0.717) is 31.0 Å². The molecule has 0 unspecified atom stereocenters. The lowest BCUT2D eigenvalue weighted by molar-refractivity contribution is -0.378. The molecule has 0 radical (unpaired) electrons. The van der Waals surface area contributed by atoms with E-state index in [0.717, 1.165) is 30.4 Å². The van der Waals surface area contributed by atoms with Gasteiger partial charge in [0.05, 0.1) is 18.8 Å². The maximum absolute atomic E-state index is 16.3. The summed E-state index contributed by atoms with van der Waals surface area (Å²) >= 11 is 0. The molecular weight excluding hydrogens is 459 g/mol. The van der Waals surface area contributed by atoms with Crippen LogP contribution in [0.25, 0.3) is 0 Å². The maximum Gasteiger partial charge on any atom is 0.192 e. The molecule has 6 fully saturated rings. The van der Waals surface area contributed by atoms with E-state index >= 15 is 4.39 Å². The van der Waals surface area contributed by atoms with Gasteiger partial charge in [0.25, 0.3) is 0 Å². The first kappa shape index (κ1) is 23.3. The Labute approximate surface area is 212 Å². The second-order valence-electron chi connectivity index (χ2n) is 11.6. The number of halogens is 1. The number of hydrogen-bond donors (Lipinski definition) is 0. The average molecular weight is 495 g/mol. The molecule has 0 aromatic heterocycles. The smallest absolute Gasteiger partial charge is 0.192 e. The Morgan fingerprint density at radius 1 is 0.833 bits per heavy atom. The summed E-state index contributed by atoms with van der Waals surface area (Å²) in [5, 5.41) is 0. The number of alkyl halides is 1. The minimum atomic E-state index is -1.45. The monoisotopic (exact) mass is 494 g/mol. The summed E-state index contributed by atoms with van der Waals surface area (Å²) in [5.41, 5.74) is 1.64. The molecule has 2 heterocycles. The molecule has 6 atom stereocenters. The van der Waals surface area contributed by atoms with Crippen molar-refractivity contribution in [2.24, 2.45) is 17.8 Å². The van der Waals surface area contributed by atoms with Gasteiger partial charge < -0.3 is 23.7 Å². The normalized spacial score (nSPS) is 43.3. The fourth-order valence-electron chi connectivity index (χ4n) is 7.79. The topological polar surface area (TPSA) is 46.2 Å². The van der Waals surface area contributed by atoms with E-state index in [4.69, 9.17) is 23.7 Å². The minimum absolute atomic E-state index is 0.260. The molecule has 0 spiro atoms. The first-order valence-electron chi connectivity index (χ1n) is 13.6. The quantitative estimate of drug-likeness (QED) is 0.513. The van der Waals surface area contributed by atoms with Crippen molar-refractivity contribution in [2.45, 2.75) is 87.8 Å². The van der Waals surface area contributed by atoms with Gasteiger partial charge in [-0.1, -0.05) is 60.7 Å². The van der Waals surface area contributed by atoms with Gasteiger partial charge in [0.1, 0.15) is 18.3 Å². The minimum Gasteiger partial charge on any atom is -0.367 e. The lowest BCUT2D eigenvalue weighted by Crippen LogP contribution is -2.64. The van der Waals surface area contributed by atoms with Crippen LogP contribution in [-0.2, 0) is 30.3 Å². The van der Waals surface area contributed by atoms with Crippen LogP contribution in [0.4, 0.5) is 4.39 Å². The Kier molecular flexibility index (Phi) is 6.14. The van der Waals surface area contributed by atoms with Gasteiger partial charge in [-0.15, -0.1) is 0 Å². The first-order chi connectivity index (χ1) is 17.6. The van der Waals surface area contributed by atoms with Crippen molar-refractivity contribution < 1.29 is 28.1 Å². The second kappa shape index (κ2) is 9.48. The molecule has 2 aliphatic heterocycles. The molecule has 0 amide bonds. The summed E-state index contributed by atoms with van der Waals surface area (Å²) in [7, 11) is 0. The molecule has 6 heteroatoms. The molecule has 4 saturated carbocycles. The van der Waals surface area contributed by atoms with Gasteiger partial charge in [0.2, 0.25) is 0 Å². The first-order valence-corrected chi connectivity index (χ1v) is 13.6. The van der Waals surface area contributed by atoms with E-state index in [2.05, 4.69) is 0 Å². The van der Waals surface area contributed by atoms with Crippen molar-refractivity contribution in [3.8, 4) is 0 Å². The predicted molar refractivity (Wildman–Crippen MR) is 131 cm³/mol. The van der Waals surface area contributed by atoms with Crippen LogP contribution in [0, 0.1) is 17.8 Å². The van der Waals surface area contributed by atoms with Crippen molar-refractivity contribution in [2.75, 3.05) is 6.61 Å². The summed E-state index contributed by atoms with van der Waals surface area (Å²) in [6.45, 7) is 0.613. The zero-order valence-corrected chi connectivity index (χ0v) is 20.5. The van der Waals surface area contributed by atoms with Gasteiger partial charge in [0.15, 0.2) is 18.8 Å². The van der Waals surface area contributed by atoms with Gasteiger partial charge in [-0.3, -0.25) is 0 Å². The van der Waals surface area contributed by atoms with Crippen molar-refractivity contribution in [1.82, 2.24) is 0 Å². The van der Waals surface area contributed by atoms with E-state index in [9.17, 15) is 0 Å². The third-order valence-electron chi connectivity index (χ3n) is 8.97. The zero-order valence-electron chi connectivity index (χ0n) is 20.5. The number of rotatable bonds is 6. The highest BCUT2D eigenvalue weighted by molar-refractivity contribution is 5.17. The second-order valence-corrected chi connectivity index (χ2v) is 11.6. The molecule has 192 valence electrons. The molecule has 4 aliphatic carbocycles. The van der Waals surface area contributed by atoms with Gasteiger partial charge >= 0.3 is 0 Å². The van der Waals surface area contributed by atoms with Crippen LogP contribution in [0.3, 0.4) is 0 Å². The molecular formula is C30H35FO5. The van der Waals surface area contributed by atoms with Crippen LogP contribution < -0.4 is 0 Å². The Morgan fingerprint density at radius 3 is 2.14 bits per heavy atom. The molecule has 2 aromatic carbocycles. The fourth-order valence-corrected chi connectivity index (χ4v) is 7.79. The van der Waals surface area contributed by atoms with Gasteiger partial charge in [-0.05, 0) is 61.8 Å². The molecule has 0 N–H and O–H groups in total. The third-order valence-corrected chi connectivity index (χ3v) is 8.97. The van der Waals surface area contributed by atoms with Crippen molar-refractivity contribution in [3.63, 3.8) is 0 Å². The molecule has 5 nitrogen and oxygen atoms in total. The third kappa shape index (κ3) is 4.41. The van der Waals surface area contributed by atoms with Crippen LogP contribution in [0.5, 0.6) is 0 Å². The van der Waals surface area contributed by atoms with E-state index in [1.807, 2.05) is 60.7 Å². The van der Waals surface area contributed by atoms with Crippen LogP contribution in [0.1, 0.15) is 55.9 Å². The lowest BCUT2D eigenvalue weighted by atomic mass is 9.54. The molecule has 2 aromatic rings. The number of fused-ring (bicyclic) bond motifs is 1. The van der Waals surface area contributed by atoms with Crippen molar-refractivity contribution in [3.05, 3.63) is 71.8 Å². The summed E-state index contributed by atoms with van der Waals surface area (Å²) in [5.74, 6) is 2.14. The van der Waals surface area contributed by atoms with Gasteiger partial charge in [-0.25, -0.2) is 4.39 Å². The SMILES string of the molecule is F[C@@H]1[C@@H](OC23CC4CC(CC(C4)C2)C3)O[C@@H]2CO[C@@H](c3ccccc3)O[C@H]2[C@@H]1OCc1ccccc1. The highest BCUT2D eigenvalue weighted by Crippen LogP contribution is 2.58. The maximum atomic E-state index is 16.3. The largest absolute Gasteiger partial charge is 0.367 e. The number of benzene rings is 2.